The highest BCUT2D eigenvalue weighted by atomic mass is 16.5. The Kier molecular flexibility index (Phi) is 9.71. The van der Waals surface area contributed by atoms with Crippen molar-refractivity contribution in [2.45, 2.75) is 6.92 Å². The van der Waals surface area contributed by atoms with Gasteiger partial charge in [0.1, 0.15) is 23.0 Å². The minimum Gasteiger partial charge on any atom is -0.506 e. The quantitative estimate of drug-likeness (QED) is 0.265. The number of benzene rings is 4. The van der Waals surface area contributed by atoms with Gasteiger partial charge in [-0.25, -0.2) is 0 Å². The van der Waals surface area contributed by atoms with Gasteiger partial charge in [-0.15, -0.1) is 0 Å². The summed E-state index contributed by atoms with van der Waals surface area (Å²) >= 11 is 0. The Hall–Kier alpha value is -4.98. The molecule has 0 aliphatic carbocycles. The number of amides is 2. The van der Waals surface area contributed by atoms with Crippen LogP contribution in [-0.4, -0.2) is 38.3 Å². The fraction of sp³-hybridized carbons (Fsp3) is 0.133. The number of aromatic hydroxyl groups is 1. The number of rotatable bonds is 7. The maximum atomic E-state index is 12.3. The van der Waals surface area contributed by atoms with Crippen LogP contribution in [0, 0.1) is 6.92 Å². The van der Waals surface area contributed by atoms with Gasteiger partial charge < -0.3 is 30.0 Å². The molecule has 0 spiro atoms. The van der Waals surface area contributed by atoms with E-state index in [4.69, 9.17) is 14.2 Å². The molecule has 0 aromatic heterocycles. The maximum Gasteiger partial charge on any atom is 0.259 e. The van der Waals surface area contributed by atoms with Gasteiger partial charge in [0.15, 0.2) is 0 Å². The van der Waals surface area contributed by atoms with Crippen LogP contribution in [0.15, 0.2) is 91.0 Å². The molecule has 0 bridgehead atoms. The second-order valence-electron chi connectivity index (χ2n) is 8.03. The van der Waals surface area contributed by atoms with Crippen LogP contribution in [0.2, 0.25) is 0 Å². The lowest BCUT2D eigenvalue weighted by atomic mass is 10.1. The monoisotopic (exact) mass is 514 g/mol. The van der Waals surface area contributed by atoms with Crippen LogP contribution in [0.25, 0.3) is 0 Å². The lowest BCUT2D eigenvalue weighted by Crippen LogP contribution is -2.13. The predicted molar refractivity (Wildman–Crippen MR) is 148 cm³/mol. The third kappa shape index (κ3) is 7.04. The molecular formula is C30H30N2O6. The SMILES string of the molecule is COc1ccc(C)cc1NC(=O)c1ccccc1OC.COc1ccccc1C(=O)Nc1ccccc1O. The highest BCUT2D eigenvalue weighted by molar-refractivity contribution is 6.07. The predicted octanol–water partition coefficient (Wildman–Crippen LogP) is 5.92. The molecule has 196 valence electrons. The van der Waals surface area contributed by atoms with Crippen molar-refractivity contribution in [1.82, 2.24) is 0 Å². The number of phenolic OH excluding ortho intramolecular Hbond substituents is 1. The average molecular weight is 515 g/mol. The third-order valence-electron chi connectivity index (χ3n) is 5.46. The number of hydrogen-bond donors (Lipinski definition) is 3. The fourth-order valence-electron chi connectivity index (χ4n) is 3.54. The average Bonchev–Trinajstić information content (AvgIpc) is 2.94. The Bertz CT molecular complexity index is 1400. The standard InChI is InChI=1S/C16H17NO3.C14H13NO3/c1-11-8-9-15(20-3)13(10-11)17-16(18)12-6-4-5-7-14(12)19-2;1-18-13-9-5-2-6-10(13)14(17)15-11-7-3-4-8-12(11)16/h4-10H,1-3H3,(H,17,18);2-9,16H,1H3,(H,15,17). The molecule has 4 aromatic carbocycles. The van der Waals surface area contributed by atoms with Gasteiger partial charge in [-0.05, 0) is 61.0 Å². The fourth-order valence-corrected chi connectivity index (χ4v) is 3.54. The zero-order valence-corrected chi connectivity index (χ0v) is 21.6. The van der Waals surface area contributed by atoms with Crippen molar-refractivity contribution in [2.75, 3.05) is 32.0 Å². The van der Waals surface area contributed by atoms with Crippen LogP contribution in [-0.2, 0) is 0 Å². The van der Waals surface area contributed by atoms with Crippen molar-refractivity contribution >= 4 is 23.2 Å². The molecule has 4 rings (SSSR count). The molecule has 0 radical (unpaired) electrons. The number of nitrogens with one attached hydrogen (secondary N) is 2. The van der Waals surface area contributed by atoms with E-state index < -0.39 is 0 Å². The van der Waals surface area contributed by atoms with Gasteiger partial charge in [0, 0.05) is 0 Å². The van der Waals surface area contributed by atoms with Gasteiger partial charge in [-0.3, -0.25) is 9.59 Å². The smallest absolute Gasteiger partial charge is 0.259 e. The number of carbonyl (C=O) groups excluding carboxylic acids is 2. The van der Waals surface area contributed by atoms with E-state index >= 15 is 0 Å². The van der Waals surface area contributed by atoms with Gasteiger partial charge in [0.2, 0.25) is 0 Å². The molecule has 0 heterocycles. The van der Waals surface area contributed by atoms with Crippen molar-refractivity contribution in [3.63, 3.8) is 0 Å². The molecule has 38 heavy (non-hydrogen) atoms. The number of ether oxygens (including phenoxy) is 3. The second kappa shape index (κ2) is 13.4. The third-order valence-corrected chi connectivity index (χ3v) is 5.46. The summed E-state index contributed by atoms with van der Waals surface area (Å²) in [4.78, 5) is 24.4. The zero-order valence-electron chi connectivity index (χ0n) is 21.6. The first-order valence-electron chi connectivity index (χ1n) is 11.7. The molecule has 0 saturated carbocycles. The van der Waals surface area contributed by atoms with Crippen LogP contribution in [0.1, 0.15) is 26.3 Å². The summed E-state index contributed by atoms with van der Waals surface area (Å²) in [6, 6.07) is 26.2. The summed E-state index contributed by atoms with van der Waals surface area (Å²) in [5.41, 5.74) is 2.96. The number of carbonyl (C=O) groups is 2. The molecule has 0 atom stereocenters. The molecule has 2 amide bonds. The molecule has 8 nitrogen and oxygen atoms in total. The summed E-state index contributed by atoms with van der Waals surface area (Å²) in [5, 5.41) is 15.1. The van der Waals surface area contributed by atoms with Crippen molar-refractivity contribution in [3.8, 4) is 23.0 Å². The van der Waals surface area contributed by atoms with Crippen LogP contribution in [0.4, 0.5) is 11.4 Å². The van der Waals surface area contributed by atoms with Crippen molar-refractivity contribution in [2.24, 2.45) is 0 Å². The van der Waals surface area contributed by atoms with E-state index in [2.05, 4.69) is 10.6 Å². The number of phenols is 1. The first-order valence-corrected chi connectivity index (χ1v) is 11.7. The van der Waals surface area contributed by atoms with Gasteiger partial charge in [0.05, 0.1) is 43.8 Å². The second-order valence-corrected chi connectivity index (χ2v) is 8.03. The summed E-state index contributed by atoms with van der Waals surface area (Å²) in [7, 11) is 4.62. The van der Waals surface area contributed by atoms with E-state index in [1.807, 2.05) is 31.2 Å². The lowest BCUT2D eigenvalue weighted by molar-refractivity contribution is 0.101. The van der Waals surface area contributed by atoms with Gasteiger partial charge in [-0.2, -0.15) is 0 Å². The molecule has 0 fully saturated rings. The van der Waals surface area contributed by atoms with Gasteiger partial charge in [0.25, 0.3) is 11.8 Å². The summed E-state index contributed by atoms with van der Waals surface area (Å²) < 4.78 is 15.6. The molecule has 0 aliphatic rings. The Morgan fingerprint density at radius 2 is 1.08 bits per heavy atom. The largest absolute Gasteiger partial charge is 0.506 e. The van der Waals surface area contributed by atoms with E-state index in [-0.39, 0.29) is 17.6 Å². The minimum absolute atomic E-state index is 0.0285. The Labute approximate surface area is 221 Å². The van der Waals surface area contributed by atoms with Crippen LogP contribution in [0.5, 0.6) is 23.0 Å². The van der Waals surface area contributed by atoms with Crippen molar-refractivity contribution < 1.29 is 28.9 Å². The van der Waals surface area contributed by atoms with Gasteiger partial charge in [-0.1, -0.05) is 42.5 Å². The highest BCUT2D eigenvalue weighted by Crippen LogP contribution is 2.27. The van der Waals surface area contributed by atoms with E-state index in [1.54, 1.807) is 74.9 Å². The first kappa shape index (κ1) is 27.6. The Morgan fingerprint density at radius 1 is 0.605 bits per heavy atom. The molecule has 0 aliphatic heterocycles. The summed E-state index contributed by atoms with van der Waals surface area (Å²) in [6.45, 7) is 1.96. The number of anilines is 2. The number of aryl methyl sites for hydroxylation is 1. The molecule has 8 heteroatoms. The summed E-state index contributed by atoms with van der Waals surface area (Å²) in [5.74, 6) is 1.13. The van der Waals surface area contributed by atoms with E-state index in [0.717, 1.165) is 5.56 Å². The van der Waals surface area contributed by atoms with Crippen molar-refractivity contribution in [1.29, 1.82) is 0 Å². The highest BCUT2D eigenvalue weighted by Gasteiger charge is 2.14. The number of hydrogen-bond acceptors (Lipinski definition) is 6. The van der Waals surface area contributed by atoms with Crippen molar-refractivity contribution in [3.05, 3.63) is 108 Å². The number of methoxy groups -OCH3 is 3. The van der Waals surface area contributed by atoms with E-state index in [0.29, 0.717) is 39.8 Å². The lowest BCUT2D eigenvalue weighted by Gasteiger charge is -2.12. The Balaban J connectivity index is 0.000000212. The van der Waals surface area contributed by atoms with Gasteiger partial charge >= 0.3 is 0 Å². The Morgan fingerprint density at radius 3 is 1.61 bits per heavy atom. The van der Waals surface area contributed by atoms with Crippen LogP contribution in [0.3, 0.4) is 0 Å². The molecular weight excluding hydrogens is 484 g/mol. The zero-order chi connectivity index (χ0) is 27.5. The maximum absolute atomic E-state index is 12.3. The number of para-hydroxylation sites is 4. The minimum atomic E-state index is -0.325. The molecule has 4 aromatic rings. The molecule has 0 saturated heterocycles. The van der Waals surface area contributed by atoms with E-state index in [9.17, 15) is 14.7 Å². The van der Waals surface area contributed by atoms with Crippen LogP contribution >= 0.6 is 0 Å². The molecule has 3 N–H and O–H groups in total. The normalized spacial score (nSPS) is 9.89. The first-order chi connectivity index (χ1) is 18.4. The van der Waals surface area contributed by atoms with Crippen LogP contribution < -0.4 is 24.8 Å². The van der Waals surface area contributed by atoms with E-state index in [1.165, 1.54) is 13.2 Å². The summed E-state index contributed by atoms with van der Waals surface area (Å²) in [6.07, 6.45) is 0. The topological polar surface area (TPSA) is 106 Å². The molecule has 0 unspecified atom stereocenters.